The highest BCUT2D eigenvalue weighted by Crippen LogP contribution is 2.39. The van der Waals surface area contributed by atoms with Crippen molar-refractivity contribution >= 4 is 22.5 Å². The first-order valence-corrected chi connectivity index (χ1v) is 13.8. The van der Waals surface area contributed by atoms with Gasteiger partial charge in [0.25, 0.3) is 0 Å². The number of rotatable bonds is 9. The van der Waals surface area contributed by atoms with Crippen LogP contribution in [0.5, 0.6) is 11.5 Å². The van der Waals surface area contributed by atoms with Crippen LogP contribution in [0.1, 0.15) is 22.3 Å². The van der Waals surface area contributed by atoms with Crippen LogP contribution in [-0.2, 0) is 13.2 Å². The molecule has 9 heteroatoms. The summed E-state index contributed by atoms with van der Waals surface area (Å²) in [6.45, 7) is 4.71. The SMILES string of the molecule is COc1ccc(CNc2ncnc3c(C)c(-c4ncc(N)cc4C)n(-c4ccc(OCc5ccccc5)c(F)c4)c23)cc1. The minimum atomic E-state index is -0.481. The molecule has 3 N–H and O–H groups in total. The summed E-state index contributed by atoms with van der Waals surface area (Å²) in [6.07, 6.45) is 3.16. The molecule has 0 radical (unpaired) electrons. The van der Waals surface area contributed by atoms with Crippen LogP contribution in [0.15, 0.2) is 91.4 Å². The number of methoxy groups -OCH3 is 1. The molecule has 3 aromatic carbocycles. The maximum Gasteiger partial charge on any atom is 0.167 e. The number of benzene rings is 3. The van der Waals surface area contributed by atoms with Crippen LogP contribution in [0.25, 0.3) is 28.1 Å². The maximum absolute atomic E-state index is 15.6. The number of aromatic nitrogens is 4. The third-order valence-corrected chi connectivity index (χ3v) is 7.33. The minimum Gasteiger partial charge on any atom is -0.497 e. The lowest BCUT2D eigenvalue weighted by Gasteiger charge is -2.16. The zero-order chi connectivity index (χ0) is 29.9. The Bertz CT molecular complexity index is 1910. The van der Waals surface area contributed by atoms with E-state index in [1.807, 2.05) is 85.1 Å². The van der Waals surface area contributed by atoms with E-state index in [9.17, 15) is 0 Å². The second-order valence-corrected chi connectivity index (χ2v) is 10.3. The highest BCUT2D eigenvalue weighted by molar-refractivity contribution is 5.96. The molecule has 0 aliphatic rings. The van der Waals surface area contributed by atoms with E-state index in [1.54, 1.807) is 19.4 Å². The fourth-order valence-electron chi connectivity index (χ4n) is 5.18. The molecule has 43 heavy (non-hydrogen) atoms. The van der Waals surface area contributed by atoms with Crippen molar-refractivity contribution in [2.24, 2.45) is 0 Å². The summed E-state index contributed by atoms with van der Waals surface area (Å²) in [5, 5.41) is 3.46. The van der Waals surface area contributed by atoms with Gasteiger partial charge in [-0.25, -0.2) is 14.4 Å². The molecule has 0 unspecified atom stereocenters. The van der Waals surface area contributed by atoms with E-state index in [0.29, 0.717) is 29.3 Å². The number of nitrogens with one attached hydrogen (secondary N) is 1. The molecular weight excluding hydrogens is 543 g/mol. The van der Waals surface area contributed by atoms with Crippen LogP contribution >= 0.6 is 0 Å². The number of aryl methyl sites for hydroxylation is 2. The van der Waals surface area contributed by atoms with Gasteiger partial charge in [0.1, 0.15) is 24.2 Å². The van der Waals surface area contributed by atoms with Gasteiger partial charge in [-0.2, -0.15) is 0 Å². The molecular formula is C34H31FN6O2. The monoisotopic (exact) mass is 574 g/mol. The Morgan fingerprint density at radius 1 is 0.907 bits per heavy atom. The van der Waals surface area contributed by atoms with E-state index in [4.69, 9.17) is 15.2 Å². The van der Waals surface area contributed by atoms with Crippen LogP contribution in [0.3, 0.4) is 0 Å². The molecule has 3 heterocycles. The van der Waals surface area contributed by atoms with E-state index < -0.39 is 5.82 Å². The third-order valence-electron chi connectivity index (χ3n) is 7.33. The minimum absolute atomic E-state index is 0.165. The van der Waals surface area contributed by atoms with Crippen LogP contribution < -0.4 is 20.5 Å². The summed E-state index contributed by atoms with van der Waals surface area (Å²) in [7, 11) is 1.64. The maximum atomic E-state index is 15.6. The molecule has 6 rings (SSSR count). The molecule has 8 nitrogen and oxygen atoms in total. The van der Waals surface area contributed by atoms with Crippen molar-refractivity contribution in [3.05, 3.63) is 119 Å². The Kier molecular flexibility index (Phi) is 7.61. The van der Waals surface area contributed by atoms with Crippen LogP contribution in [0.4, 0.5) is 15.9 Å². The van der Waals surface area contributed by atoms with E-state index in [-0.39, 0.29) is 12.4 Å². The van der Waals surface area contributed by atoms with Crippen molar-refractivity contribution in [2.45, 2.75) is 27.0 Å². The lowest BCUT2D eigenvalue weighted by molar-refractivity contribution is 0.290. The second-order valence-electron chi connectivity index (χ2n) is 10.3. The Balaban J connectivity index is 1.46. The van der Waals surface area contributed by atoms with Gasteiger partial charge in [-0.1, -0.05) is 42.5 Å². The molecule has 216 valence electrons. The summed E-state index contributed by atoms with van der Waals surface area (Å²) in [5.41, 5.74) is 13.9. The normalized spacial score (nSPS) is 11.1. The number of nitrogens with zero attached hydrogens (tertiary/aromatic N) is 4. The first-order chi connectivity index (χ1) is 20.9. The van der Waals surface area contributed by atoms with Crippen molar-refractivity contribution < 1.29 is 13.9 Å². The van der Waals surface area contributed by atoms with Gasteiger partial charge in [0.15, 0.2) is 17.4 Å². The van der Waals surface area contributed by atoms with Crippen LogP contribution in [-0.4, -0.2) is 26.6 Å². The van der Waals surface area contributed by atoms with E-state index in [2.05, 4.69) is 20.3 Å². The number of ether oxygens (including phenoxy) is 2. The third kappa shape index (κ3) is 5.57. The van der Waals surface area contributed by atoms with Gasteiger partial charge in [0.05, 0.1) is 35.9 Å². The van der Waals surface area contributed by atoms with Crippen molar-refractivity contribution in [3.63, 3.8) is 0 Å². The molecule has 3 aromatic heterocycles. The first-order valence-electron chi connectivity index (χ1n) is 13.8. The Hall–Kier alpha value is -5.44. The fourth-order valence-corrected chi connectivity index (χ4v) is 5.18. The highest BCUT2D eigenvalue weighted by Gasteiger charge is 2.24. The largest absolute Gasteiger partial charge is 0.497 e. The van der Waals surface area contributed by atoms with Crippen LogP contribution in [0.2, 0.25) is 0 Å². The van der Waals surface area contributed by atoms with Gasteiger partial charge >= 0.3 is 0 Å². The van der Waals surface area contributed by atoms with Crippen molar-refractivity contribution in [1.29, 1.82) is 0 Å². The highest BCUT2D eigenvalue weighted by atomic mass is 19.1. The van der Waals surface area contributed by atoms with Gasteiger partial charge in [0.2, 0.25) is 0 Å². The van der Waals surface area contributed by atoms with E-state index in [0.717, 1.165) is 44.9 Å². The average Bonchev–Trinajstić information content (AvgIpc) is 3.32. The van der Waals surface area contributed by atoms with Crippen molar-refractivity contribution in [1.82, 2.24) is 19.5 Å². The second kappa shape index (κ2) is 11.8. The number of hydrogen-bond donors (Lipinski definition) is 2. The Morgan fingerprint density at radius 2 is 1.70 bits per heavy atom. The number of nitrogens with two attached hydrogens (primary N) is 1. The summed E-state index contributed by atoms with van der Waals surface area (Å²) in [4.78, 5) is 13.9. The number of anilines is 2. The zero-order valence-electron chi connectivity index (χ0n) is 24.1. The average molecular weight is 575 g/mol. The summed E-state index contributed by atoms with van der Waals surface area (Å²) < 4.78 is 28.7. The molecule has 6 aromatic rings. The van der Waals surface area contributed by atoms with Gasteiger partial charge in [-0.05, 0) is 60.9 Å². The first kappa shape index (κ1) is 27.7. The van der Waals surface area contributed by atoms with Gasteiger partial charge in [0, 0.05) is 23.9 Å². The Morgan fingerprint density at radius 3 is 2.42 bits per heavy atom. The molecule has 0 bridgehead atoms. The quantitative estimate of drug-likeness (QED) is 0.191. The topological polar surface area (TPSA) is 100 Å². The summed E-state index contributed by atoms with van der Waals surface area (Å²) in [6, 6.07) is 24.3. The molecule has 0 fully saturated rings. The summed E-state index contributed by atoms with van der Waals surface area (Å²) >= 11 is 0. The van der Waals surface area contributed by atoms with Gasteiger partial charge in [-0.15, -0.1) is 0 Å². The Labute approximate surface area is 249 Å². The van der Waals surface area contributed by atoms with E-state index in [1.165, 1.54) is 12.4 Å². The lowest BCUT2D eigenvalue weighted by Crippen LogP contribution is -2.07. The number of pyridine rings is 1. The van der Waals surface area contributed by atoms with Gasteiger partial charge in [-0.3, -0.25) is 4.98 Å². The van der Waals surface area contributed by atoms with Crippen molar-refractivity contribution in [2.75, 3.05) is 18.2 Å². The zero-order valence-corrected chi connectivity index (χ0v) is 24.1. The van der Waals surface area contributed by atoms with Crippen molar-refractivity contribution in [3.8, 4) is 28.6 Å². The lowest BCUT2D eigenvalue weighted by atomic mass is 10.1. The summed E-state index contributed by atoms with van der Waals surface area (Å²) in [5.74, 6) is 1.07. The predicted molar refractivity (Wildman–Crippen MR) is 167 cm³/mol. The molecule has 0 saturated carbocycles. The van der Waals surface area contributed by atoms with Crippen LogP contribution in [0, 0.1) is 19.7 Å². The van der Waals surface area contributed by atoms with Gasteiger partial charge < -0.3 is 25.1 Å². The molecule has 0 saturated heterocycles. The molecule has 0 aliphatic heterocycles. The fraction of sp³-hybridized carbons (Fsp3) is 0.147. The molecule has 0 spiro atoms. The van der Waals surface area contributed by atoms with E-state index >= 15 is 4.39 Å². The smallest absolute Gasteiger partial charge is 0.167 e. The number of nitrogen functional groups attached to an aromatic ring is 1. The molecule has 0 aliphatic carbocycles. The molecule has 0 atom stereocenters. The molecule has 0 amide bonds. The number of halogens is 1. The number of hydrogen-bond acceptors (Lipinski definition) is 7. The standard InChI is InChI=1S/C34H31FN6O2/c1-21-15-25(36)18-37-30(21)32-22(2)31-33(34(40-20-39-31)38-17-23-9-12-27(42-3)13-10-23)41(32)26-11-14-29(28(35)16-26)43-19-24-7-5-4-6-8-24/h4-16,18,20H,17,19,36H2,1-3H3,(H,38,39,40). The number of fused-ring (bicyclic) bond motifs is 1. The predicted octanol–water partition coefficient (Wildman–Crippen LogP) is 7.02.